The summed E-state index contributed by atoms with van der Waals surface area (Å²) in [6.07, 6.45) is 3.55. The molecule has 1 aromatic carbocycles. The Balaban J connectivity index is 2.38. The number of hydrogen-bond acceptors (Lipinski definition) is 4. The normalized spacial score (nSPS) is 9.72. The Morgan fingerprint density at radius 2 is 2.06 bits per heavy atom. The van der Waals surface area contributed by atoms with E-state index < -0.39 is 0 Å². The number of imidazole rings is 1. The van der Waals surface area contributed by atoms with Crippen LogP contribution in [-0.4, -0.2) is 15.8 Å². The van der Waals surface area contributed by atoms with Gasteiger partial charge in [0.05, 0.1) is 12.9 Å². The van der Waals surface area contributed by atoms with Crippen LogP contribution in [0, 0.1) is 22.7 Å². The fourth-order valence-corrected chi connectivity index (χ4v) is 2.33. The molecule has 1 aromatic heterocycles. The summed E-state index contributed by atoms with van der Waals surface area (Å²) in [5, 5.41) is 17.9. The molecule has 2 rings (SSSR count). The molecule has 0 saturated carbocycles. The summed E-state index contributed by atoms with van der Waals surface area (Å²) in [6.45, 7) is 0.550. The summed E-state index contributed by atoms with van der Waals surface area (Å²) in [6, 6.07) is 11.9. The van der Waals surface area contributed by atoms with Crippen LogP contribution in [0.5, 0.6) is 0 Å². The summed E-state index contributed by atoms with van der Waals surface area (Å²) in [4.78, 5) is 5.09. The van der Waals surface area contributed by atoms with Crippen molar-refractivity contribution in [3.05, 3.63) is 47.5 Å². The van der Waals surface area contributed by atoms with Gasteiger partial charge in [-0.15, -0.1) is 11.8 Å². The van der Waals surface area contributed by atoms with Gasteiger partial charge in [-0.25, -0.2) is 4.98 Å². The van der Waals surface area contributed by atoms with Crippen molar-refractivity contribution in [3.8, 4) is 12.1 Å². The molecule has 0 aliphatic carbocycles. The predicted molar refractivity (Wildman–Crippen MR) is 69.0 cm³/mol. The Labute approximate surface area is 109 Å². The average Bonchev–Trinajstić information content (AvgIpc) is 2.81. The van der Waals surface area contributed by atoms with E-state index in [4.69, 9.17) is 10.5 Å². The van der Waals surface area contributed by atoms with Crippen LogP contribution in [0.2, 0.25) is 0 Å². The number of nitriles is 2. The number of benzene rings is 1. The standard InChI is InChI=1S/C13H10N4S/c1-18-13-5-3-2-4-10(13)8-17-9-16-11(6-14)12(17)7-15/h2-5,9H,8H2,1H3. The monoisotopic (exact) mass is 254 g/mol. The van der Waals surface area contributed by atoms with E-state index in [1.54, 1.807) is 16.3 Å². The topological polar surface area (TPSA) is 65.4 Å². The third-order valence-corrected chi connectivity index (χ3v) is 3.42. The predicted octanol–water partition coefficient (Wildman–Crippen LogP) is 2.40. The van der Waals surface area contributed by atoms with Gasteiger partial charge in [-0.2, -0.15) is 10.5 Å². The number of rotatable bonds is 3. The minimum Gasteiger partial charge on any atom is -0.317 e. The van der Waals surface area contributed by atoms with Gasteiger partial charge in [0.25, 0.3) is 0 Å². The number of hydrogen-bond donors (Lipinski definition) is 0. The molecule has 5 heteroatoms. The van der Waals surface area contributed by atoms with Gasteiger partial charge in [0.15, 0.2) is 11.4 Å². The van der Waals surface area contributed by atoms with E-state index in [1.165, 1.54) is 6.33 Å². The second-order valence-corrected chi connectivity index (χ2v) is 4.45. The van der Waals surface area contributed by atoms with Gasteiger partial charge in [-0.1, -0.05) is 18.2 Å². The van der Waals surface area contributed by atoms with Crippen molar-refractivity contribution in [1.29, 1.82) is 10.5 Å². The van der Waals surface area contributed by atoms with Gasteiger partial charge in [0.1, 0.15) is 12.1 Å². The summed E-state index contributed by atoms with van der Waals surface area (Å²) < 4.78 is 1.70. The molecule has 2 aromatic rings. The van der Waals surface area contributed by atoms with Crippen molar-refractivity contribution >= 4 is 11.8 Å². The lowest BCUT2D eigenvalue weighted by Gasteiger charge is -2.08. The molecule has 0 spiro atoms. The number of thioether (sulfide) groups is 1. The van der Waals surface area contributed by atoms with Gasteiger partial charge in [-0.3, -0.25) is 0 Å². The van der Waals surface area contributed by atoms with Gasteiger partial charge < -0.3 is 4.57 Å². The highest BCUT2D eigenvalue weighted by atomic mass is 32.2. The van der Waals surface area contributed by atoms with Crippen molar-refractivity contribution in [1.82, 2.24) is 9.55 Å². The molecule has 0 amide bonds. The van der Waals surface area contributed by atoms with E-state index in [2.05, 4.69) is 4.98 Å². The highest BCUT2D eigenvalue weighted by Crippen LogP contribution is 2.21. The lowest BCUT2D eigenvalue weighted by atomic mass is 10.2. The zero-order valence-corrected chi connectivity index (χ0v) is 10.6. The van der Waals surface area contributed by atoms with Crippen molar-refractivity contribution in [3.63, 3.8) is 0 Å². The van der Waals surface area contributed by atoms with Crippen molar-refractivity contribution < 1.29 is 0 Å². The van der Waals surface area contributed by atoms with Crippen molar-refractivity contribution in [2.75, 3.05) is 6.26 Å². The van der Waals surface area contributed by atoms with Crippen LogP contribution in [0.1, 0.15) is 17.0 Å². The van der Waals surface area contributed by atoms with Gasteiger partial charge in [0.2, 0.25) is 0 Å². The highest BCUT2D eigenvalue weighted by Gasteiger charge is 2.11. The molecule has 0 radical (unpaired) electrons. The molecule has 0 fully saturated rings. The Kier molecular flexibility index (Phi) is 3.66. The van der Waals surface area contributed by atoms with Gasteiger partial charge in [0, 0.05) is 4.90 Å². The lowest BCUT2D eigenvalue weighted by Crippen LogP contribution is -2.02. The second-order valence-electron chi connectivity index (χ2n) is 3.61. The molecule has 0 aliphatic rings. The van der Waals surface area contributed by atoms with E-state index in [9.17, 15) is 0 Å². The Bertz CT molecular complexity index is 646. The van der Waals surface area contributed by atoms with E-state index in [1.807, 2.05) is 42.7 Å². The van der Waals surface area contributed by atoms with Crippen LogP contribution in [0.25, 0.3) is 0 Å². The van der Waals surface area contributed by atoms with Crippen LogP contribution < -0.4 is 0 Å². The third-order valence-electron chi connectivity index (χ3n) is 2.58. The molecular weight excluding hydrogens is 244 g/mol. The molecule has 0 unspecified atom stereocenters. The smallest absolute Gasteiger partial charge is 0.176 e. The average molecular weight is 254 g/mol. The molecule has 0 aliphatic heterocycles. The van der Waals surface area contributed by atoms with Crippen LogP contribution in [0.3, 0.4) is 0 Å². The molecule has 0 saturated heterocycles. The molecule has 0 atom stereocenters. The number of aromatic nitrogens is 2. The zero-order chi connectivity index (χ0) is 13.0. The fraction of sp³-hybridized carbons (Fsp3) is 0.154. The maximum atomic E-state index is 9.06. The molecule has 1 heterocycles. The molecule has 0 bridgehead atoms. The summed E-state index contributed by atoms with van der Waals surface area (Å²) >= 11 is 1.66. The Hall–Kier alpha value is -2.24. The molecular formula is C13H10N4S. The molecule has 18 heavy (non-hydrogen) atoms. The van der Waals surface area contributed by atoms with E-state index in [-0.39, 0.29) is 5.69 Å². The maximum Gasteiger partial charge on any atom is 0.176 e. The minimum absolute atomic E-state index is 0.180. The summed E-state index contributed by atoms with van der Waals surface area (Å²) in [5.74, 6) is 0. The fourth-order valence-electron chi connectivity index (χ4n) is 1.72. The second kappa shape index (κ2) is 5.39. The van der Waals surface area contributed by atoms with Gasteiger partial charge >= 0.3 is 0 Å². The van der Waals surface area contributed by atoms with Crippen LogP contribution >= 0.6 is 11.8 Å². The first-order valence-corrected chi connectivity index (χ1v) is 6.50. The summed E-state index contributed by atoms with van der Waals surface area (Å²) in [5.41, 5.74) is 1.61. The van der Waals surface area contributed by atoms with Crippen molar-refractivity contribution in [2.24, 2.45) is 0 Å². The van der Waals surface area contributed by atoms with Gasteiger partial charge in [-0.05, 0) is 17.9 Å². The Morgan fingerprint density at radius 1 is 1.28 bits per heavy atom. The summed E-state index contributed by atoms with van der Waals surface area (Å²) in [7, 11) is 0. The molecule has 4 nitrogen and oxygen atoms in total. The SMILES string of the molecule is CSc1ccccc1Cn1cnc(C#N)c1C#N. The minimum atomic E-state index is 0.180. The molecule has 88 valence electrons. The Morgan fingerprint density at radius 3 is 2.72 bits per heavy atom. The van der Waals surface area contributed by atoms with Crippen molar-refractivity contribution in [2.45, 2.75) is 11.4 Å². The van der Waals surface area contributed by atoms with E-state index >= 15 is 0 Å². The number of nitrogens with zero attached hydrogens (tertiary/aromatic N) is 4. The first kappa shape index (κ1) is 12.2. The lowest BCUT2D eigenvalue weighted by molar-refractivity contribution is 0.773. The third kappa shape index (κ3) is 2.22. The molecule has 0 N–H and O–H groups in total. The first-order valence-electron chi connectivity index (χ1n) is 5.27. The zero-order valence-electron chi connectivity index (χ0n) is 9.79. The quantitative estimate of drug-likeness (QED) is 0.789. The largest absolute Gasteiger partial charge is 0.317 e. The van der Waals surface area contributed by atoms with E-state index in [0.717, 1.165) is 10.5 Å². The van der Waals surface area contributed by atoms with Crippen LogP contribution in [0.4, 0.5) is 0 Å². The highest BCUT2D eigenvalue weighted by molar-refractivity contribution is 7.98. The maximum absolute atomic E-state index is 9.06. The van der Waals surface area contributed by atoms with E-state index in [0.29, 0.717) is 12.2 Å². The van der Waals surface area contributed by atoms with Crippen LogP contribution in [-0.2, 0) is 6.54 Å². The first-order chi connectivity index (χ1) is 8.80. The van der Waals surface area contributed by atoms with Crippen LogP contribution in [0.15, 0.2) is 35.5 Å².